The molecule has 0 aliphatic rings. The molecule has 40 heavy (non-hydrogen) atoms. The van der Waals surface area contributed by atoms with Crippen LogP contribution in [0.5, 0.6) is 11.5 Å². The van der Waals surface area contributed by atoms with E-state index in [0.29, 0.717) is 43.8 Å². The summed E-state index contributed by atoms with van der Waals surface area (Å²) < 4.78 is 34.1. The van der Waals surface area contributed by atoms with Crippen LogP contribution < -0.4 is 9.47 Å². The third-order valence-electron chi connectivity index (χ3n) is 6.61. The Morgan fingerprint density at radius 1 is 1.02 bits per heavy atom. The van der Waals surface area contributed by atoms with Crippen molar-refractivity contribution in [3.8, 4) is 11.5 Å². The first-order valence-corrected chi connectivity index (χ1v) is 13.7. The van der Waals surface area contributed by atoms with E-state index in [2.05, 4.69) is 33.4 Å². The normalized spacial score (nSPS) is 13.2. The highest BCUT2D eigenvalue weighted by Crippen LogP contribution is 2.27. The van der Waals surface area contributed by atoms with Crippen LogP contribution in [0.15, 0.2) is 66.8 Å². The van der Waals surface area contributed by atoms with Gasteiger partial charge in [0, 0.05) is 20.0 Å². The maximum atomic E-state index is 13.6. The number of ether oxygens (including phenoxy) is 6. The molecule has 0 aliphatic heterocycles. The largest absolute Gasteiger partial charge is 0.497 e. The maximum absolute atomic E-state index is 13.6. The van der Waals surface area contributed by atoms with Gasteiger partial charge in [-0.05, 0) is 61.9 Å². The van der Waals surface area contributed by atoms with Crippen molar-refractivity contribution in [3.63, 3.8) is 0 Å². The fourth-order valence-corrected chi connectivity index (χ4v) is 4.32. The van der Waals surface area contributed by atoms with Gasteiger partial charge < -0.3 is 28.4 Å². The fraction of sp³-hybridized carbons (Fsp3) is 0.485. The number of methoxy groups -OCH3 is 3. The van der Waals surface area contributed by atoms with E-state index in [9.17, 15) is 4.79 Å². The first kappa shape index (κ1) is 33.1. The number of esters is 1. The smallest absolute Gasteiger partial charge is 0.342 e. The molecule has 220 valence electrons. The lowest BCUT2D eigenvalue weighted by atomic mass is 9.94. The molecule has 0 fully saturated rings. The maximum Gasteiger partial charge on any atom is 0.342 e. The van der Waals surface area contributed by atoms with Gasteiger partial charge in [-0.3, -0.25) is 0 Å². The quantitative estimate of drug-likeness (QED) is 0.0806. The van der Waals surface area contributed by atoms with Crippen molar-refractivity contribution in [1.82, 2.24) is 0 Å². The number of allylic oxidation sites excluding steroid dienone is 3. The average Bonchev–Trinajstić information content (AvgIpc) is 2.96. The zero-order valence-corrected chi connectivity index (χ0v) is 24.9. The van der Waals surface area contributed by atoms with E-state index in [4.69, 9.17) is 28.4 Å². The summed E-state index contributed by atoms with van der Waals surface area (Å²) in [6.45, 7) is 11.1. The van der Waals surface area contributed by atoms with E-state index in [0.717, 1.165) is 23.3 Å². The van der Waals surface area contributed by atoms with Gasteiger partial charge >= 0.3 is 5.97 Å². The Morgan fingerprint density at radius 3 is 2.40 bits per heavy atom. The van der Waals surface area contributed by atoms with Crippen LogP contribution >= 0.6 is 0 Å². The second-order valence-electron chi connectivity index (χ2n) is 10.0. The zero-order valence-electron chi connectivity index (χ0n) is 24.9. The van der Waals surface area contributed by atoms with Crippen LogP contribution in [0.3, 0.4) is 0 Å². The van der Waals surface area contributed by atoms with Gasteiger partial charge in [-0.25, -0.2) is 4.79 Å². The summed E-state index contributed by atoms with van der Waals surface area (Å²) in [5, 5.41) is 0. The Hall–Kier alpha value is -3.13. The van der Waals surface area contributed by atoms with Crippen LogP contribution in [0, 0.1) is 5.92 Å². The number of rotatable bonds is 19. The molecule has 0 aliphatic carbocycles. The van der Waals surface area contributed by atoms with E-state index in [1.54, 1.807) is 33.5 Å². The summed E-state index contributed by atoms with van der Waals surface area (Å²) in [5.74, 6) is 1.03. The fourth-order valence-electron chi connectivity index (χ4n) is 4.32. The van der Waals surface area contributed by atoms with Crippen LogP contribution in [-0.2, 0) is 32.0 Å². The van der Waals surface area contributed by atoms with E-state index >= 15 is 0 Å². The highest BCUT2D eigenvalue weighted by atomic mass is 16.7. The Kier molecular flexibility index (Phi) is 15.1. The van der Waals surface area contributed by atoms with Crippen LogP contribution in [-0.4, -0.2) is 52.9 Å². The van der Waals surface area contributed by atoms with Gasteiger partial charge in [0.05, 0.1) is 33.5 Å². The van der Waals surface area contributed by atoms with Crippen LogP contribution in [0.25, 0.3) is 0 Å². The minimum atomic E-state index is -0.444. The zero-order chi connectivity index (χ0) is 29.3. The number of benzene rings is 2. The summed E-state index contributed by atoms with van der Waals surface area (Å²) >= 11 is 0. The lowest BCUT2D eigenvalue weighted by molar-refractivity contribution is -0.104. The summed E-state index contributed by atoms with van der Waals surface area (Å²) in [5.41, 5.74) is 3.51. The van der Waals surface area contributed by atoms with Crippen LogP contribution in [0.1, 0.15) is 61.5 Å². The first-order valence-electron chi connectivity index (χ1n) is 13.7. The van der Waals surface area contributed by atoms with Crippen molar-refractivity contribution in [2.45, 2.75) is 65.3 Å². The summed E-state index contributed by atoms with van der Waals surface area (Å²) in [4.78, 5) is 13.6. The number of hydrogen-bond acceptors (Lipinski definition) is 7. The average molecular weight is 555 g/mol. The third kappa shape index (κ3) is 11.2. The summed E-state index contributed by atoms with van der Waals surface area (Å²) in [7, 11) is 4.79. The Balaban J connectivity index is 2.21. The molecule has 3 atom stereocenters. The molecule has 2 aromatic carbocycles. The van der Waals surface area contributed by atoms with Crippen molar-refractivity contribution in [2.75, 3.05) is 34.7 Å². The van der Waals surface area contributed by atoms with Gasteiger partial charge in [0.15, 0.2) is 0 Å². The molecule has 0 bridgehead atoms. The Morgan fingerprint density at radius 2 is 1.77 bits per heavy atom. The van der Waals surface area contributed by atoms with Crippen molar-refractivity contribution >= 4 is 5.97 Å². The minimum Gasteiger partial charge on any atom is -0.497 e. The molecule has 0 radical (unpaired) electrons. The molecular formula is C33H46O7. The van der Waals surface area contributed by atoms with E-state index < -0.39 is 12.1 Å². The van der Waals surface area contributed by atoms with E-state index in [1.165, 1.54) is 5.57 Å². The highest BCUT2D eigenvalue weighted by molar-refractivity contribution is 5.94. The third-order valence-corrected chi connectivity index (χ3v) is 6.61. The molecule has 7 nitrogen and oxygen atoms in total. The molecule has 0 amide bonds. The van der Waals surface area contributed by atoms with Gasteiger partial charge in [-0.1, -0.05) is 48.9 Å². The predicted octanol–water partition coefficient (Wildman–Crippen LogP) is 6.94. The first-order chi connectivity index (χ1) is 19.3. The molecule has 0 spiro atoms. The number of hydrogen-bond donors (Lipinski definition) is 0. The van der Waals surface area contributed by atoms with Crippen molar-refractivity contribution in [2.24, 2.45) is 5.92 Å². The molecule has 0 unspecified atom stereocenters. The molecule has 7 heteroatoms. The standard InChI is InChI=1S/C33H46O7/c1-8-10-27-11-9-12-30(37-7)32(27)33(34)40-29(19-20-38-22-26-15-17-28(36-6)18-16-26)21-31(39-23-35-5)25(4)14-13-24(2)3/h8-9,11-13,15-18,25,29,31H,1,10,14,19-23H2,2-7H3/t25-,29-,31+/m0/s1. The van der Waals surface area contributed by atoms with E-state index in [-0.39, 0.29) is 18.8 Å². The predicted molar refractivity (Wildman–Crippen MR) is 158 cm³/mol. The SMILES string of the molecule is C=CCc1cccc(OC)c1C(=O)O[C@@H](CCOCc1ccc(OC)cc1)C[C@@H](OCOC)[C@@H](C)CC=C(C)C. The molecule has 2 aromatic rings. The lowest BCUT2D eigenvalue weighted by Crippen LogP contribution is -2.31. The van der Waals surface area contributed by atoms with Crippen LogP contribution in [0.4, 0.5) is 0 Å². The number of carbonyl (C=O) groups is 1. The Labute approximate surface area is 240 Å². The summed E-state index contributed by atoms with van der Waals surface area (Å²) in [6.07, 6.45) is 5.72. The van der Waals surface area contributed by atoms with Crippen molar-refractivity contribution in [1.29, 1.82) is 0 Å². The molecule has 0 aromatic heterocycles. The Bertz CT molecular complexity index is 1060. The molecule has 0 saturated heterocycles. The monoisotopic (exact) mass is 554 g/mol. The van der Waals surface area contributed by atoms with Crippen LogP contribution in [0.2, 0.25) is 0 Å². The number of carbonyl (C=O) groups excluding carboxylic acids is 1. The van der Waals surface area contributed by atoms with Gasteiger partial charge in [-0.2, -0.15) is 0 Å². The molecule has 2 rings (SSSR count). The van der Waals surface area contributed by atoms with Gasteiger partial charge in [0.25, 0.3) is 0 Å². The molecule has 0 N–H and O–H groups in total. The topological polar surface area (TPSA) is 72.5 Å². The molecule has 0 heterocycles. The second kappa shape index (κ2) is 18.3. The van der Waals surface area contributed by atoms with Gasteiger partial charge in [0.1, 0.15) is 30.0 Å². The van der Waals surface area contributed by atoms with Gasteiger partial charge in [-0.15, -0.1) is 6.58 Å². The van der Waals surface area contributed by atoms with Gasteiger partial charge in [0.2, 0.25) is 0 Å². The molecule has 0 saturated carbocycles. The molecular weight excluding hydrogens is 508 g/mol. The van der Waals surface area contributed by atoms with E-state index in [1.807, 2.05) is 36.4 Å². The lowest BCUT2D eigenvalue weighted by Gasteiger charge is -2.28. The second-order valence-corrected chi connectivity index (χ2v) is 10.0. The van der Waals surface area contributed by atoms with Crippen molar-refractivity contribution < 1.29 is 33.2 Å². The summed E-state index contributed by atoms with van der Waals surface area (Å²) in [6, 6.07) is 13.3. The highest BCUT2D eigenvalue weighted by Gasteiger charge is 2.27. The van der Waals surface area contributed by atoms with Crippen molar-refractivity contribution in [3.05, 3.63) is 83.5 Å². The minimum absolute atomic E-state index is 0.161.